The Bertz CT molecular complexity index is 845. The standard InChI is InChI=1S/C19H17ClN2O3/c1-24-19(23)16-17(14-7-9-15(20)10-8-14)22-25-18(16)21-12-11-13-5-3-2-4-6-13/h2-10,21H,11-12H2,1H3. The van der Waals surface area contributed by atoms with Gasteiger partial charge in [-0.05, 0) is 24.1 Å². The monoisotopic (exact) mass is 356 g/mol. The molecule has 0 amide bonds. The molecule has 3 aromatic rings. The summed E-state index contributed by atoms with van der Waals surface area (Å²) in [7, 11) is 1.33. The minimum atomic E-state index is -0.506. The maximum Gasteiger partial charge on any atom is 0.345 e. The molecule has 6 heteroatoms. The van der Waals surface area contributed by atoms with Crippen LogP contribution in [0.3, 0.4) is 0 Å². The summed E-state index contributed by atoms with van der Waals surface area (Å²) in [6.45, 7) is 0.600. The fourth-order valence-electron chi connectivity index (χ4n) is 2.47. The number of esters is 1. The molecule has 0 aliphatic carbocycles. The number of carbonyl (C=O) groups excluding carboxylic acids is 1. The lowest BCUT2D eigenvalue weighted by molar-refractivity contribution is 0.0602. The lowest BCUT2D eigenvalue weighted by atomic mass is 10.1. The van der Waals surface area contributed by atoms with Crippen LogP contribution in [0.25, 0.3) is 11.3 Å². The van der Waals surface area contributed by atoms with Crippen LogP contribution in [0.2, 0.25) is 5.02 Å². The van der Waals surface area contributed by atoms with Gasteiger partial charge in [0.2, 0.25) is 5.88 Å². The van der Waals surface area contributed by atoms with Crippen molar-refractivity contribution in [3.05, 3.63) is 70.7 Å². The van der Waals surface area contributed by atoms with Crippen molar-refractivity contribution >= 4 is 23.5 Å². The minimum Gasteiger partial charge on any atom is -0.465 e. The second-order valence-corrected chi connectivity index (χ2v) is 5.83. The van der Waals surface area contributed by atoms with E-state index in [4.69, 9.17) is 20.9 Å². The molecule has 0 radical (unpaired) electrons. The van der Waals surface area contributed by atoms with Gasteiger partial charge in [0.25, 0.3) is 0 Å². The molecule has 1 heterocycles. The SMILES string of the molecule is COC(=O)c1c(-c2ccc(Cl)cc2)noc1NCCc1ccccc1. The lowest BCUT2D eigenvalue weighted by Crippen LogP contribution is -2.09. The van der Waals surface area contributed by atoms with E-state index >= 15 is 0 Å². The topological polar surface area (TPSA) is 64.4 Å². The Morgan fingerprint density at radius 1 is 1.16 bits per heavy atom. The average molecular weight is 357 g/mol. The Kier molecular flexibility index (Phi) is 5.36. The van der Waals surface area contributed by atoms with Crippen molar-refractivity contribution in [2.24, 2.45) is 0 Å². The molecule has 25 heavy (non-hydrogen) atoms. The van der Waals surface area contributed by atoms with Crippen LogP contribution in [0.15, 0.2) is 59.1 Å². The number of carbonyl (C=O) groups is 1. The van der Waals surface area contributed by atoms with E-state index in [0.717, 1.165) is 12.0 Å². The molecule has 1 N–H and O–H groups in total. The highest BCUT2D eigenvalue weighted by Gasteiger charge is 2.24. The van der Waals surface area contributed by atoms with E-state index in [1.165, 1.54) is 12.7 Å². The number of hydrogen-bond acceptors (Lipinski definition) is 5. The number of halogens is 1. The number of nitrogens with one attached hydrogen (secondary N) is 1. The molecule has 0 aliphatic rings. The first kappa shape index (κ1) is 17.0. The molecule has 0 aliphatic heterocycles. The van der Waals surface area contributed by atoms with E-state index < -0.39 is 5.97 Å². The molecule has 0 fully saturated rings. The van der Waals surface area contributed by atoms with Gasteiger partial charge >= 0.3 is 5.97 Å². The number of ether oxygens (including phenoxy) is 1. The number of benzene rings is 2. The van der Waals surface area contributed by atoms with Gasteiger partial charge in [-0.25, -0.2) is 4.79 Å². The van der Waals surface area contributed by atoms with Crippen molar-refractivity contribution < 1.29 is 14.1 Å². The van der Waals surface area contributed by atoms with Crippen molar-refractivity contribution in [3.63, 3.8) is 0 Å². The van der Waals surface area contributed by atoms with Gasteiger partial charge in [0.15, 0.2) is 5.56 Å². The number of anilines is 1. The highest BCUT2D eigenvalue weighted by molar-refractivity contribution is 6.30. The third kappa shape index (κ3) is 4.00. The van der Waals surface area contributed by atoms with Gasteiger partial charge in [-0.15, -0.1) is 0 Å². The maximum atomic E-state index is 12.2. The Morgan fingerprint density at radius 2 is 1.88 bits per heavy atom. The molecule has 0 saturated carbocycles. The number of methoxy groups -OCH3 is 1. The van der Waals surface area contributed by atoms with Crippen molar-refractivity contribution in [3.8, 4) is 11.3 Å². The van der Waals surface area contributed by atoms with Crippen LogP contribution in [-0.2, 0) is 11.2 Å². The third-order valence-corrected chi connectivity index (χ3v) is 3.99. The summed E-state index contributed by atoms with van der Waals surface area (Å²) in [4.78, 5) is 12.2. The molecule has 0 spiro atoms. The van der Waals surface area contributed by atoms with Gasteiger partial charge in [0, 0.05) is 17.1 Å². The smallest absolute Gasteiger partial charge is 0.345 e. The molecule has 2 aromatic carbocycles. The molecule has 3 rings (SSSR count). The normalized spacial score (nSPS) is 10.5. The summed E-state index contributed by atoms with van der Waals surface area (Å²) >= 11 is 5.91. The fraction of sp³-hybridized carbons (Fsp3) is 0.158. The number of aromatic nitrogens is 1. The van der Waals surface area contributed by atoms with Crippen LogP contribution in [0, 0.1) is 0 Å². The molecule has 128 valence electrons. The summed E-state index contributed by atoms with van der Waals surface area (Å²) in [6, 6.07) is 17.1. The van der Waals surface area contributed by atoms with Crippen LogP contribution in [0.1, 0.15) is 15.9 Å². The van der Waals surface area contributed by atoms with Crippen LogP contribution in [0.4, 0.5) is 5.88 Å². The Morgan fingerprint density at radius 3 is 2.56 bits per heavy atom. The zero-order valence-electron chi connectivity index (χ0n) is 13.7. The summed E-state index contributed by atoms with van der Waals surface area (Å²) in [5.41, 5.74) is 2.61. The van der Waals surface area contributed by atoms with Gasteiger partial charge in [0.1, 0.15) is 5.69 Å². The van der Waals surface area contributed by atoms with Crippen molar-refractivity contribution in [2.75, 3.05) is 19.0 Å². The summed E-state index contributed by atoms with van der Waals surface area (Å²) in [5.74, 6) is -0.207. The summed E-state index contributed by atoms with van der Waals surface area (Å²) in [6.07, 6.45) is 0.790. The predicted octanol–water partition coefficient (Wildman–Crippen LogP) is 4.44. The van der Waals surface area contributed by atoms with Gasteiger partial charge < -0.3 is 14.6 Å². The van der Waals surface area contributed by atoms with E-state index in [2.05, 4.69) is 10.5 Å². The highest BCUT2D eigenvalue weighted by Crippen LogP contribution is 2.30. The Balaban J connectivity index is 1.81. The molecule has 0 unspecified atom stereocenters. The quantitative estimate of drug-likeness (QED) is 0.661. The largest absolute Gasteiger partial charge is 0.465 e. The van der Waals surface area contributed by atoms with Gasteiger partial charge in [-0.3, -0.25) is 0 Å². The number of rotatable bonds is 6. The molecule has 1 aromatic heterocycles. The molecular weight excluding hydrogens is 340 g/mol. The molecule has 0 bridgehead atoms. The first-order valence-corrected chi connectivity index (χ1v) is 8.18. The van der Waals surface area contributed by atoms with Gasteiger partial charge in [-0.2, -0.15) is 0 Å². The molecular formula is C19H17ClN2O3. The van der Waals surface area contributed by atoms with E-state index in [9.17, 15) is 4.79 Å². The van der Waals surface area contributed by atoms with E-state index in [0.29, 0.717) is 23.1 Å². The first-order valence-electron chi connectivity index (χ1n) is 7.80. The molecule has 5 nitrogen and oxygen atoms in total. The fourth-order valence-corrected chi connectivity index (χ4v) is 2.60. The summed E-state index contributed by atoms with van der Waals surface area (Å²) < 4.78 is 10.2. The predicted molar refractivity (Wildman–Crippen MR) is 96.9 cm³/mol. The van der Waals surface area contributed by atoms with Crippen LogP contribution in [-0.4, -0.2) is 24.8 Å². The van der Waals surface area contributed by atoms with Crippen LogP contribution in [0.5, 0.6) is 0 Å². The minimum absolute atomic E-state index is 0.276. The maximum absolute atomic E-state index is 12.2. The van der Waals surface area contributed by atoms with Gasteiger partial charge in [0.05, 0.1) is 7.11 Å². The zero-order valence-corrected chi connectivity index (χ0v) is 14.4. The highest BCUT2D eigenvalue weighted by atomic mass is 35.5. The Hall–Kier alpha value is -2.79. The molecule has 0 saturated heterocycles. The van der Waals surface area contributed by atoms with Gasteiger partial charge in [-0.1, -0.05) is 59.2 Å². The van der Waals surface area contributed by atoms with Crippen LogP contribution < -0.4 is 5.32 Å². The summed E-state index contributed by atoms with van der Waals surface area (Å²) in [5, 5.41) is 7.76. The number of nitrogens with zero attached hydrogens (tertiary/aromatic N) is 1. The van der Waals surface area contributed by atoms with E-state index in [1.807, 2.05) is 30.3 Å². The van der Waals surface area contributed by atoms with Crippen LogP contribution >= 0.6 is 11.6 Å². The average Bonchev–Trinajstić information content (AvgIpc) is 3.06. The Labute approximate surface area is 150 Å². The van der Waals surface area contributed by atoms with Crippen molar-refractivity contribution in [1.82, 2.24) is 5.16 Å². The second-order valence-electron chi connectivity index (χ2n) is 5.40. The van der Waals surface area contributed by atoms with E-state index in [-0.39, 0.29) is 5.56 Å². The van der Waals surface area contributed by atoms with E-state index in [1.54, 1.807) is 24.3 Å². The molecule has 0 atom stereocenters. The first-order chi connectivity index (χ1) is 12.2. The second kappa shape index (κ2) is 7.85. The number of hydrogen-bond donors (Lipinski definition) is 1. The third-order valence-electron chi connectivity index (χ3n) is 3.74. The van der Waals surface area contributed by atoms with Crippen molar-refractivity contribution in [1.29, 1.82) is 0 Å². The van der Waals surface area contributed by atoms with Crippen molar-refractivity contribution in [2.45, 2.75) is 6.42 Å². The lowest BCUT2D eigenvalue weighted by Gasteiger charge is -2.05. The zero-order chi connectivity index (χ0) is 17.6.